The van der Waals surface area contributed by atoms with Crippen LogP contribution in [0.1, 0.15) is 28.4 Å². The Kier molecular flexibility index (Phi) is 4.67. The molecule has 0 fully saturated rings. The number of hydrogen-bond donors (Lipinski definition) is 1. The van der Waals surface area contributed by atoms with E-state index in [0.29, 0.717) is 11.4 Å². The zero-order valence-corrected chi connectivity index (χ0v) is 13.3. The summed E-state index contributed by atoms with van der Waals surface area (Å²) in [5.74, 6) is 0. The topological polar surface area (TPSA) is 20.2 Å². The van der Waals surface area contributed by atoms with Gasteiger partial charge in [-0.3, -0.25) is 0 Å². The van der Waals surface area contributed by atoms with Gasteiger partial charge >= 0.3 is 0 Å². The van der Waals surface area contributed by atoms with E-state index in [1.165, 1.54) is 11.1 Å². The first-order chi connectivity index (χ1) is 8.97. The molecule has 0 saturated heterocycles. The molecule has 0 aliphatic rings. The molecule has 1 unspecified atom stereocenters. The van der Waals surface area contributed by atoms with Crippen LogP contribution in [0.5, 0.6) is 0 Å². The van der Waals surface area contributed by atoms with Crippen LogP contribution in [0, 0.1) is 13.8 Å². The van der Waals surface area contributed by atoms with Crippen LogP contribution in [0.25, 0.3) is 0 Å². The lowest BCUT2D eigenvalue weighted by Crippen LogP contribution is -2.02. The first-order valence-electron chi connectivity index (χ1n) is 6.16. The smallest absolute Gasteiger partial charge is 0.0830 e. The standard InChI is InChI=1S/C16H16BrClO/c1-10-3-4-12(7-11(10)2)8-16(19)13-5-6-15(18)14(17)9-13/h3-7,9,16,19H,8H2,1-2H3. The van der Waals surface area contributed by atoms with Gasteiger partial charge in [0.2, 0.25) is 0 Å². The fourth-order valence-electron chi connectivity index (χ4n) is 1.99. The van der Waals surface area contributed by atoms with Crippen molar-refractivity contribution in [3.8, 4) is 0 Å². The third-order valence-corrected chi connectivity index (χ3v) is 4.54. The molecule has 2 rings (SSSR count). The Morgan fingerprint density at radius 2 is 1.84 bits per heavy atom. The molecule has 0 aliphatic carbocycles. The molecule has 0 aromatic heterocycles. The van der Waals surface area contributed by atoms with Gasteiger partial charge in [-0.05, 0) is 64.2 Å². The van der Waals surface area contributed by atoms with Crippen LogP contribution >= 0.6 is 27.5 Å². The molecule has 1 N–H and O–H groups in total. The van der Waals surface area contributed by atoms with Crippen molar-refractivity contribution in [2.24, 2.45) is 0 Å². The summed E-state index contributed by atoms with van der Waals surface area (Å²) in [5.41, 5.74) is 4.53. The summed E-state index contributed by atoms with van der Waals surface area (Å²) in [5, 5.41) is 10.9. The van der Waals surface area contributed by atoms with Crippen LogP contribution < -0.4 is 0 Å². The number of hydrogen-bond acceptors (Lipinski definition) is 1. The molecule has 2 aromatic carbocycles. The number of aliphatic hydroxyl groups excluding tert-OH is 1. The van der Waals surface area contributed by atoms with Gasteiger partial charge in [0, 0.05) is 10.9 Å². The molecule has 0 heterocycles. The molecule has 0 amide bonds. The van der Waals surface area contributed by atoms with Crippen molar-refractivity contribution in [1.29, 1.82) is 0 Å². The van der Waals surface area contributed by atoms with Gasteiger partial charge in [-0.1, -0.05) is 35.9 Å². The Morgan fingerprint density at radius 1 is 1.11 bits per heavy atom. The van der Waals surface area contributed by atoms with Gasteiger partial charge in [0.1, 0.15) is 0 Å². The molecular formula is C16H16BrClO. The Morgan fingerprint density at radius 3 is 2.47 bits per heavy atom. The van der Waals surface area contributed by atoms with Gasteiger partial charge in [0.15, 0.2) is 0 Å². The predicted octanol–water partition coefficient (Wildman–Crippen LogP) is 5.00. The second kappa shape index (κ2) is 6.08. The van der Waals surface area contributed by atoms with Crippen LogP contribution in [0.4, 0.5) is 0 Å². The normalized spacial score (nSPS) is 12.5. The zero-order valence-electron chi connectivity index (χ0n) is 11.0. The van der Waals surface area contributed by atoms with E-state index in [4.69, 9.17) is 11.6 Å². The van der Waals surface area contributed by atoms with Crippen LogP contribution in [-0.4, -0.2) is 5.11 Å². The summed E-state index contributed by atoms with van der Waals surface area (Å²) < 4.78 is 0.811. The summed E-state index contributed by atoms with van der Waals surface area (Å²) in [6.45, 7) is 4.18. The van der Waals surface area contributed by atoms with E-state index in [1.807, 2.05) is 12.1 Å². The van der Waals surface area contributed by atoms with Gasteiger partial charge < -0.3 is 5.11 Å². The van der Waals surface area contributed by atoms with E-state index in [0.717, 1.165) is 15.6 Å². The number of rotatable bonds is 3. The molecule has 0 spiro atoms. The summed E-state index contributed by atoms with van der Waals surface area (Å²) in [6.07, 6.45) is 0.0884. The highest BCUT2D eigenvalue weighted by Gasteiger charge is 2.10. The van der Waals surface area contributed by atoms with Crippen molar-refractivity contribution in [2.75, 3.05) is 0 Å². The van der Waals surface area contributed by atoms with Crippen molar-refractivity contribution in [1.82, 2.24) is 0 Å². The molecule has 3 heteroatoms. The number of halogens is 2. The SMILES string of the molecule is Cc1ccc(CC(O)c2ccc(Cl)c(Br)c2)cc1C. The molecule has 1 atom stereocenters. The van der Waals surface area contributed by atoms with Crippen molar-refractivity contribution >= 4 is 27.5 Å². The quantitative estimate of drug-likeness (QED) is 0.834. The minimum atomic E-state index is -0.518. The average molecular weight is 340 g/mol. The maximum atomic E-state index is 10.3. The van der Waals surface area contributed by atoms with Gasteiger partial charge in [0.05, 0.1) is 11.1 Å². The van der Waals surface area contributed by atoms with E-state index in [1.54, 1.807) is 6.07 Å². The molecule has 0 radical (unpaired) electrons. The second-order valence-electron chi connectivity index (χ2n) is 4.81. The zero-order chi connectivity index (χ0) is 14.0. The van der Waals surface area contributed by atoms with Crippen molar-refractivity contribution in [3.63, 3.8) is 0 Å². The average Bonchev–Trinajstić information content (AvgIpc) is 2.37. The Balaban J connectivity index is 2.17. The third kappa shape index (κ3) is 3.59. The molecule has 1 nitrogen and oxygen atoms in total. The van der Waals surface area contributed by atoms with E-state index < -0.39 is 6.10 Å². The maximum Gasteiger partial charge on any atom is 0.0830 e. The first-order valence-corrected chi connectivity index (χ1v) is 7.33. The maximum absolute atomic E-state index is 10.3. The highest BCUT2D eigenvalue weighted by molar-refractivity contribution is 9.10. The molecule has 0 aliphatic heterocycles. The highest BCUT2D eigenvalue weighted by atomic mass is 79.9. The molecule has 2 aromatic rings. The van der Waals surface area contributed by atoms with Crippen LogP contribution in [0.15, 0.2) is 40.9 Å². The number of aliphatic hydroxyl groups is 1. The summed E-state index contributed by atoms with van der Waals surface area (Å²) in [7, 11) is 0. The van der Waals surface area contributed by atoms with E-state index in [9.17, 15) is 5.11 Å². The van der Waals surface area contributed by atoms with Gasteiger partial charge in [-0.2, -0.15) is 0 Å². The van der Waals surface area contributed by atoms with E-state index >= 15 is 0 Å². The van der Waals surface area contributed by atoms with Crippen LogP contribution in [0.3, 0.4) is 0 Å². The Hall–Kier alpha value is -0.830. The molecule has 100 valence electrons. The second-order valence-corrected chi connectivity index (χ2v) is 6.07. The van der Waals surface area contributed by atoms with Crippen LogP contribution in [0.2, 0.25) is 5.02 Å². The molecular weight excluding hydrogens is 324 g/mol. The first kappa shape index (κ1) is 14.6. The third-order valence-electron chi connectivity index (χ3n) is 3.33. The van der Waals surface area contributed by atoms with Crippen molar-refractivity contribution in [2.45, 2.75) is 26.4 Å². The minimum Gasteiger partial charge on any atom is -0.388 e. The Labute approximate surface area is 127 Å². The lowest BCUT2D eigenvalue weighted by atomic mass is 9.98. The van der Waals surface area contributed by atoms with Gasteiger partial charge in [0.25, 0.3) is 0 Å². The summed E-state index contributed by atoms with van der Waals surface area (Å²) in [6, 6.07) is 11.8. The fourth-order valence-corrected chi connectivity index (χ4v) is 2.51. The van der Waals surface area contributed by atoms with E-state index in [-0.39, 0.29) is 0 Å². The summed E-state index contributed by atoms with van der Waals surface area (Å²) in [4.78, 5) is 0. The Bertz CT molecular complexity index is 595. The molecule has 0 saturated carbocycles. The van der Waals surface area contributed by atoms with E-state index in [2.05, 4.69) is 48.0 Å². The fraction of sp³-hybridized carbons (Fsp3) is 0.250. The number of aryl methyl sites for hydroxylation is 2. The number of benzene rings is 2. The largest absolute Gasteiger partial charge is 0.388 e. The van der Waals surface area contributed by atoms with Gasteiger partial charge in [-0.15, -0.1) is 0 Å². The lowest BCUT2D eigenvalue weighted by molar-refractivity contribution is 0.178. The molecule has 19 heavy (non-hydrogen) atoms. The van der Waals surface area contributed by atoms with Crippen molar-refractivity contribution in [3.05, 3.63) is 68.1 Å². The minimum absolute atomic E-state index is 0.518. The van der Waals surface area contributed by atoms with Crippen LogP contribution in [-0.2, 0) is 6.42 Å². The summed E-state index contributed by atoms with van der Waals surface area (Å²) >= 11 is 9.33. The monoisotopic (exact) mass is 338 g/mol. The molecule has 0 bridgehead atoms. The van der Waals surface area contributed by atoms with Crippen molar-refractivity contribution < 1.29 is 5.11 Å². The lowest BCUT2D eigenvalue weighted by Gasteiger charge is -2.13. The highest BCUT2D eigenvalue weighted by Crippen LogP contribution is 2.27. The van der Waals surface area contributed by atoms with Gasteiger partial charge in [-0.25, -0.2) is 0 Å². The predicted molar refractivity (Wildman–Crippen MR) is 83.7 cm³/mol.